The number of likely N-dealkylation sites (tertiary alicyclic amines) is 1. The molecule has 1 aliphatic heterocycles. The Morgan fingerprint density at radius 1 is 1.23 bits per heavy atom. The number of halogens is 1. The topological polar surface area (TPSA) is 81.7 Å². The van der Waals surface area contributed by atoms with E-state index in [9.17, 15) is 4.79 Å². The van der Waals surface area contributed by atoms with Gasteiger partial charge in [0.15, 0.2) is 0 Å². The third kappa shape index (κ3) is 3.75. The smallest absolute Gasteiger partial charge is 0.223 e. The van der Waals surface area contributed by atoms with Gasteiger partial charge in [-0.15, -0.1) is 5.10 Å². The highest BCUT2D eigenvalue weighted by Gasteiger charge is 2.32. The van der Waals surface area contributed by atoms with Crippen molar-refractivity contribution in [3.63, 3.8) is 0 Å². The van der Waals surface area contributed by atoms with E-state index >= 15 is 0 Å². The summed E-state index contributed by atoms with van der Waals surface area (Å²) in [6.45, 7) is 1.82. The Labute approximate surface area is 155 Å². The first kappa shape index (κ1) is 16.7. The fourth-order valence-corrected chi connectivity index (χ4v) is 3.18. The van der Waals surface area contributed by atoms with Gasteiger partial charge in [-0.2, -0.15) is 15.0 Å². The average molecular weight is 372 g/mol. The lowest BCUT2D eigenvalue weighted by Crippen LogP contribution is -2.51. The Hall–Kier alpha value is -2.74. The van der Waals surface area contributed by atoms with Gasteiger partial charge < -0.3 is 4.90 Å². The van der Waals surface area contributed by atoms with Crippen molar-refractivity contribution in [2.45, 2.75) is 25.4 Å². The molecule has 4 rings (SSSR count). The maximum absolute atomic E-state index is 12.3. The Morgan fingerprint density at radius 3 is 2.81 bits per heavy atom. The summed E-state index contributed by atoms with van der Waals surface area (Å²) in [7, 11) is 0. The van der Waals surface area contributed by atoms with Crippen molar-refractivity contribution in [3.8, 4) is 0 Å². The molecule has 0 atom stereocenters. The number of aromatic nitrogens is 6. The lowest BCUT2D eigenvalue weighted by molar-refractivity contribution is -0.137. The van der Waals surface area contributed by atoms with E-state index in [0.717, 1.165) is 11.3 Å². The van der Waals surface area contributed by atoms with Gasteiger partial charge in [-0.1, -0.05) is 28.9 Å². The van der Waals surface area contributed by atoms with Gasteiger partial charge in [0, 0.05) is 24.5 Å². The zero-order chi connectivity index (χ0) is 17.9. The molecule has 0 aliphatic carbocycles. The van der Waals surface area contributed by atoms with Gasteiger partial charge in [0.25, 0.3) is 0 Å². The Balaban J connectivity index is 1.26. The molecule has 1 aromatic carbocycles. The average Bonchev–Trinajstić information content (AvgIpc) is 3.24. The van der Waals surface area contributed by atoms with Gasteiger partial charge in [-0.05, 0) is 24.1 Å². The molecule has 9 heteroatoms. The predicted molar refractivity (Wildman–Crippen MR) is 94.5 cm³/mol. The maximum Gasteiger partial charge on any atom is 0.223 e. The van der Waals surface area contributed by atoms with E-state index in [0.29, 0.717) is 37.5 Å². The summed E-state index contributed by atoms with van der Waals surface area (Å²) in [5.74, 6) is 0.155. The second-order valence-electron chi connectivity index (χ2n) is 6.33. The molecule has 0 unspecified atom stereocenters. The van der Waals surface area contributed by atoms with Crippen LogP contribution in [0, 0.1) is 0 Å². The number of carbonyl (C=O) groups is 1. The van der Waals surface area contributed by atoms with Crippen molar-refractivity contribution >= 4 is 17.5 Å². The molecule has 26 heavy (non-hydrogen) atoms. The van der Waals surface area contributed by atoms with E-state index in [1.54, 1.807) is 17.2 Å². The third-order valence-electron chi connectivity index (χ3n) is 4.43. The van der Waals surface area contributed by atoms with Crippen LogP contribution < -0.4 is 0 Å². The van der Waals surface area contributed by atoms with E-state index in [4.69, 9.17) is 11.6 Å². The normalized spacial score (nSPS) is 14.4. The lowest BCUT2D eigenvalue weighted by atomic mass is 10.1. The SMILES string of the molecule is O=C(CCc1cccc(Cl)c1)N1CC(n2cc(Cn3nccn3)nn2)C1. The number of carbonyl (C=O) groups excluding carboxylic acids is 1. The van der Waals surface area contributed by atoms with Crippen molar-refractivity contribution in [2.75, 3.05) is 13.1 Å². The van der Waals surface area contributed by atoms with Crippen LogP contribution >= 0.6 is 11.6 Å². The van der Waals surface area contributed by atoms with Crippen LogP contribution in [-0.4, -0.2) is 53.9 Å². The molecule has 0 radical (unpaired) electrons. The molecule has 0 spiro atoms. The molecule has 3 heterocycles. The number of hydrogen-bond donors (Lipinski definition) is 0. The van der Waals surface area contributed by atoms with Gasteiger partial charge in [0.2, 0.25) is 5.91 Å². The van der Waals surface area contributed by atoms with Crippen molar-refractivity contribution in [2.24, 2.45) is 0 Å². The van der Waals surface area contributed by atoms with Gasteiger partial charge in [-0.3, -0.25) is 4.79 Å². The van der Waals surface area contributed by atoms with Gasteiger partial charge >= 0.3 is 0 Å². The van der Waals surface area contributed by atoms with E-state index in [-0.39, 0.29) is 11.9 Å². The van der Waals surface area contributed by atoms with E-state index in [1.165, 1.54) is 0 Å². The molecule has 1 fully saturated rings. The van der Waals surface area contributed by atoms with Crippen molar-refractivity contribution in [1.82, 2.24) is 34.9 Å². The van der Waals surface area contributed by atoms with E-state index in [2.05, 4.69) is 20.5 Å². The van der Waals surface area contributed by atoms with Crippen LogP contribution in [0.15, 0.2) is 42.9 Å². The van der Waals surface area contributed by atoms with Crippen LogP contribution in [0.25, 0.3) is 0 Å². The number of rotatable bonds is 6. The third-order valence-corrected chi connectivity index (χ3v) is 4.67. The first-order valence-electron chi connectivity index (χ1n) is 8.44. The maximum atomic E-state index is 12.3. The van der Waals surface area contributed by atoms with Gasteiger partial charge in [0.05, 0.1) is 24.6 Å². The minimum absolute atomic E-state index is 0.155. The zero-order valence-electron chi connectivity index (χ0n) is 14.1. The first-order valence-corrected chi connectivity index (χ1v) is 8.82. The fraction of sp³-hybridized carbons (Fsp3) is 0.353. The molecule has 0 bridgehead atoms. The molecule has 134 valence electrons. The minimum atomic E-state index is 0.155. The van der Waals surface area contributed by atoms with E-state index < -0.39 is 0 Å². The summed E-state index contributed by atoms with van der Waals surface area (Å²) in [4.78, 5) is 15.7. The second-order valence-corrected chi connectivity index (χ2v) is 6.77. The Bertz CT molecular complexity index is 886. The molecule has 0 N–H and O–H groups in total. The van der Waals surface area contributed by atoms with Crippen molar-refractivity contribution in [1.29, 1.82) is 0 Å². The van der Waals surface area contributed by atoms with Crippen LogP contribution in [0.2, 0.25) is 5.02 Å². The summed E-state index contributed by atoms with van der Waals surface area (Å²) in [6, 6.07) is 7.81. The number of aryl methyl sites for hydroxylation is 1. The van der Waals surface area contributed by atoms with Gasteiger partial charge in [-0.25, -0.2) is 4.68 Å². The standard InChI is InChI=1S/C17H18ClN7O/c18-14-3-1-2-13(8-14)4-5-17(26)23-11-16(12-23)24-9-15(21-22-24)10-25-19-6-7-20-25/h1-3,6-9,16H,4-5,10-12H2. The fourth-order valence-electron chi connectivity index (χ4n) is 2.96. The number of hydrogen-bond acceptors (Lipinski definition) is 5. The molecule has 3 aromatic rings. The van der Waals surface area contributed by atoms with Gasteiger partial charge in [0.1, 0.15) is 12.2 Å². The zero-order valence-corrected chi connectivity index (χ0v) is 14.8. The van der Waals surface area contributed by atoms with Crippen LogP contribution in [0.4, 0.5) is 0 Å². The summed E-state index contributed by atoms with van der Waals surface area (Å²) >= 11 is 5.97. The highest BCUT2D eigenvalue weighted by molar-refractivity contribution is 6.30. The summed E-state index contributed by atoms with van der Waals surface area (Å²) < 4.78 is 1.82. The Morgan fingerprint density at radius 2 is 2.04 bits per heavy atom. The monoisotopic (exact) mass is 371 g/mol. The minimum Gasteiger partial charge on any atom is -0.338 e. The molecular formula is C17H18ClN7O. The summed E-state index contributed by atoms with van der Waals surface area (Å²) in [5, 5.41) is 17.1. The summed E-state index contributed by atoms with van der Waals surface area (Å²) in [5.41, 5.74) is 1.88. The molecular weight excluding hydrogens is 354 g/mol. The molecule has 1 saturated heterocycles. The molecule has 8 nitrogen and oxygen atoms in total. The largest absolute Gasteiger partial charge is 0.338 e. The molecule has 0 saturated carbocycles. The highest BCUT2D eigenvalue weighted by atomic mass is 35.5. The van der Waals surface area contributed by atoms with Crippen molar-refractivity contribution < 1.29 is 4.79 Å². The predicted octanol–water partition coefficient (Wildman–Crippen LogP) is 1.59. The summed E-state index contributed by atoms with van der Waals surface area (Å²) in [6.07, 6.45) is 6.33. The number of amides is 1. The quantitative estimate of drug-likeness (QED) is 0.657. The Kier molecular flexibility index (Phi) is 4.66. The molecule has 1 amide bonds. The number of nitrogens with zero attached hydrogens (tertiary/aromatic N) is 7. The van der Waals surface area contributed by atoms with Crippen LogP contribution in [0.5, 0.6) is 0 Å². The van der Waals surface area contributed by atoms with Crippen LogP contribution in [0.1, 0.15) is 23.7 Å². The second kappa shape index (κ2) is 7.25. The molecule has 2 aromatic heterocycles. The molecule has 1 aliphatic rings. The van der Waals surface area contributed by atoms with Crippen LogP contribution in [0.3, 0.4) is 0 Å². The lowest BCUT2D eigenvalue weighted by Gasteiger charge is -2.39. The first-order chi connectivity index (χ1) is 12.7. The van der Waals surface area contributed by atoms with E-state index in [1.807, 2.05) is 40.0 Å². The van der Waals surface area contributed by atoms with Crippen LogP contribution in [-0.2, 0) is 17.8 Å². The van der Waals surface area contributed by atoms with Crippen molar-refractivity contribution in [3.05, 3.63) is 59.1 Å². The number of benzene rings is 1. The highest BCUT2D eigenvalue weighted by Crippen LogP contribution is 2.22.